The quantitative estimate of drug-likeness (QED) is 0.537. The summed E-state index contributed by atoms with van der Waals surface area (Å²) in [5, 5.41) is 15.1. The van der Waals surface area contributed by atoms with Gasteiger partial charge in [-0.3, -0.25) is 4.79 Å². The summed E-state index contributed by atoms with van der Waals surface area (Å²) in [7, 11) is 0. The number of aromatic amines is 1. The number of nitrogens with zero attached hydrogens (tertiary/aromatic N) is 3. The summed E-state index contributed by atoms with van der Waals surface area (Å²) in [6.07, 6.45) is 0.812. The van der Waals surface area contributed by atoms with Gasteiger partial charge >= 0.3 is 0 Å². The fourth-order valence-corrected chi connectivity index (χ4v) is 0.705. The number of amides is 1. The second-order valence-electron chi connectivity index (χ2n) is 2.61. The van der Waals surface area contributed by atoms with Crippen molar-refractivity contribution in [2.75, 3.05) is 6.54 Å². The minimum absolute atomic E-state index is 0.0308. The van der Waals surface area contributed by atoms with Crippen molar-refractivity contribution in [1.29, 1.82) is 0 Å². The molecular weight excluding hydrogens is 172 g/mol. The number of hydrogen-bond donors (Lipinski definition) is 3. The highest BCUT2D eigenvalue weighted by molar-refractivity contribution is 5.89. The van der Waals surface area contributed by atoms with Gasteiger partial charge in [0, 0.05) is 12.6 Å². The van der Waals surface area contributed by atoms with E-state index >= 15 is 0 Å². The van der Waals surface area contributed by atoms with E-state index in [1.54, 1.807) is 0 Å². The van der Waals surface area contributed by atoms with E-state index in [1.165, 1.54) is 0 Å². The van der Waals surface area contributed by atoms with Gasteiger partial charge in [-0.25, -0.2) is 0 Å². The summed E-state index contributed by atoms with van der Waals surface area (Å²) in [5.41, 5.74) is 5.60. The smallest absolute Gasteiger partial charge is 0.292 e. The monoisotopic (exact) mass is 184 g/mol. The van der Waals surface area contributed by atoms with E-state index in [0.29, 0.717) is 6.54 Å². The Morgan fingerprint density at radius 2 is 2.54 bits per heavy atom. The predicted octanol–water partition coefficient (Wildman–Crippen LogP) is -1.33. The topological polar surface area (TPSA) is 110 Å². The molecule has 1 aromatic rings. The molecule has 1 aromatic heterocycles. The second kappa shape index (κ2) is 4.51. The lowest BCUT2D eigenvalue weighted by Gasteiger charge is -2.07. The maximum atomic E-state index is 11.2. The largest absolute Gasteiger partial charge is 0.348 e. The van der Waals surface area contributed by atoms with Gasteiger partial charge < -0.3 is 11.1 Å². The Labute approximate surface area is 75.1 Å². The van der Waals surface area contributed by atoms with Gasteiger partial charge in [-0.2, -0.15) is 5.21 Å². The second-order valence-corrected chi connectivity index (χ2v) is 2.61. The van der Waals surface area contributed by atoms with Crippen molar-refractivity contribution in [1.82, 2.24) is 25.9 Å². The molecule has 7 nitrogen and oxygen atoms in total. The lowest BCUT2D eigenvalue weighted by molar-refractivity contribution is 0.0940. The van der Waals surface area contributed by atoms with E-state index in [2.05, 4.69) is 25.9 Å². The number of nitrogens with two attached hydrogens (primary N) is 1. The SMILES string of the molecule is CCC(N)CNC(=O)c1nn[nH]n1. The first-order valence-electron chi connectivity index (χ1n) is 4.01. The third-order valence-corrected chi connectivity index (χ3v) is 1.60. The molecule has 0 saturated heterocycles. The third kappa shape index (κ3) is 2.79. The summed E-state index contributed by atoms with van der Waals surface area (Å²) >= 11 is 0. The van der Waals surface area contributed by atoms with E-state index in [-0.39, 0.29) is 17.8 Å². The van der Waals surface area contributed by atoms with Crippen LogP contribution in [0.1, 0.15) is 24.0 Å². The first-order chi connectivity index (χ1) is 6.24. The van der Waals surface area contributed by atoms with Gasteiger partial charge in [0.15, 0.2) is 0 Å². The Balaban J connectivity index is 2.35. The van der Waals surface area contributed by atoms with Crippen molar-refractivity contribution in [3.63, 3.8) is 0 Å². The van der Waals surface area contributed by atoms with Crippen molar-refractivity contribution >= 4 is 5.91 Å². The van der Waals surface area contributed by atoms with Gasteiger partial charge in [0.2, 0.25) is 0 Å². The summed E-state index contributed by atoms with van der Waals surface area (Å²) in [6, 6.07) is -0.0316. The Hall–Kier alpha value is -1.50. The van der Waals surface area contributed by atoms with Crippen molar-refractivity contribution in [2.24, 2.45) is 5.73 Å². The highest BCUT2D eigenvalue weighted by Crippen LogP contribution is 1.86. The van der Waals surface area contributed by atoms with Gasteiger partial charge in [0.1, 0.15) is 0 Å². The molecular formula is C6H12N6O. The van der Waals surface area contributed by atoms with Crippen molar-refractivity contribution < 1.29 is 4.79 Å². The number of H-pyrrole nitrogens is 1. The number of carbonyl (C=O) groups excluding carboxylic acids is 1. The number of aromatic nitrogens is 4. The Morgan fingerprint density at radius 1 is 1.77 bits per heavy atom. The summed E-state index contributed by atoms with van der Waals surface area (Å²) in [6.45, 7) is 2.37. The van der Waals surface area contributed by atoms with Crippen molar-refractivity contribution in [3.8, 4) is 0 Å². The van der Waals surface area contributed by atoms with Gasteiger partial charge in [0.05, 0.1) is 0 Å². The zero-order valence-electron chi connectivity index (χ0n) is 7.32. The maximum Gasteiger partial charge on any atom is 0.292 e. The average molecular weight is 184 g/mol. The molecule has 0 radical (unpaired) electrons. The van der Waals surface area contributed by atoms with Crippen LogP contribution in [0.15, 0.2) is 0 Å². The average Bonchev–Trinajstić information content (AvgIpc) is 2.66. The highest BCUT2D eigenvalue weighted by Gasteiger charge is 2.10. The van der Waals surface area contributed by atoms with Crippen molar-refractivity contribution in [3.05, 3.63) is 5.82 Å². The van der Waals surface area contributed by atoms with E-state index < -0.39 is 0 Å². The molecule has 0 aliphatic carbocycles. The molecule has 0 fully saturated rings. The predicted molar refractivity (Wildman–Crippen MR) is 44.8 cm³/mol. The summed E-state index contributed by atoms with van der Waals surface area (Å²) in [4.78, 5) is 11.2. The minimum atomic E-state index is -0.363. The number of rotatable bonds is 4. The van der Waals surface area contributed by atoms with Crippen LogP contribution in [-0.2, 0) is 0 Å². The molecule has 1 unspecified atom stereocenters. The van der Waals surface area contributed by atoms with Crippen molar-refractivity contribution in [2.45, 2.75) is 19.4 Å². The molecule has 0 aliphatic heterocycles. The standard InChI is InChI=1S/C6H12N6O/c1-2-4(7)3-8-6(13)5-9-11-12-10-5/h4H,2-3,7H2,1H3,(H,8,13)(H,9,10,11,12). The van der Waals surface area contributed by atoms with Crippen LogP contribution in [0.4, 0.5) is 0 Å². The fraction of sp³-hybridized carbons (Fsp3) is 0.667. The molecule has 0 bridgehead atoms. The fourth-order valence-electron chi connectivity index (χ4n) is 0.705. The Kier molecular flexibility index (Phi) is 3.32. The van der Waals surface area contributed by atoms with Crippen LogP contribution < -0.4 is 11.1 Å². The molecule has 1 rings (SSSR count). The molecule has 13 heavy (non-hydrogen) atoms. The molecule has 1 amide bonds. The van der Waals surface area contributed by atoms with Gasteiger partial charge in [0.25, 0.3) is 11.7 Å². The van der Waals surface area contributed by atoms with Crippen LogP contribution >= 0.6 is 0 Å². The van der Waals surface area contributed by atoms with E-state index in [0.717, 1.165) is 6.42 Å². The molecule has 0 saturated carbocycles. The summed E-state index contributed by atoms with van der Waals surface area (Å²) < 4.78 is 0. The number of hydrogen-bond acceptors (Lipinski definition) is 5. The van der Waals surface area contributed by atoms with Crippen LogP contribution in [0, 0.1) is 0 Å². The molecule has 0 spiro atoms. The Morgan fingerprint density at radius 3 is 3.08 bits per heavy atom. The number of tetrazole rings is 1. The van der Waals surface area contributed by atoms with E-state index in [9.17, 15) is 4.79 Å². The maximum absolute atomic E-state index is 11.2. The molecule has 4 N–H and O–H groups in total. The summed E-state index contributed by atoms with van der Waals surface area (Å²) in [5.74, 6) is -0.332. The lowest BCUT2D eigenvalue weighted by atomic mass is 10.2. The Bertz CT molecular complexity index is 258. The van der Waals surface area contributed by atoms with Gasteiger partial charge in [-0.1, -0.05) is 6.92 Å². The van der Waals surface area contributed by atoms with Crippen LogP contribution in [0.2, 0.25) is 0 Å². The first kappa shape index (κ1) is 9.59. The highest BCUT2D eigenvalue weighted by atomic mass is 16.2. The minimum Gasteiger partial charge on any atom is -0.348 e. The van der Waals surface area contributed by atoms with Crippen LogP contribution in [0.3, 0.4) is 0 Å². The molecule has 0 aliphatic rings. The molecule has 1 heterocycles. The van der Waals surface area contributed by atoms with E-state index in [4.69, 9.17) is 5.73 Å². The normalized spacial score (nSPS) is 12.5. The molecule has 1 atom stereocenters. The molecule has 72 valence electrons. The lowest BCUT2D eigenvalue weighted by Crippen LogP contribution is -2.37. The zero-order valence-corrected chi connectivity index (χ0v) is 7.32. The van der Waals surface area contributed by atoms with E-state index in [1.807, 2.05) is 6.92 Å². The first-order valence-corrected chi connectivity index (χ1v) is 4.01. The third-order valence-electron chi connectivity index (χ3n) is 1.60. The van der Waals surface area contributed by atoms with Gasteiger partial charge in [-0.05, 0) is 11.6 Å². The number of nitrogens with one attached hydrogen (secondary N) is 2. The van der Waals surface area contributed by atoms with Crippen LogP contribution in [0.25, 0.3) is 0 Å². The number of carbonyl (C=O) groups is 1. The molecule has 7 heteroatoms. The van der Waals surface area contributed by atoms with Gasteiger partial charge in [-0.15, -0.1) is 10.2 Å². The van der Waals surface area contributed by atoms with Crippen LogP contribution in [0.5, 0.6) is 0 Å². The zero-order chi connectivity index (χ0) is 9.68. The van der Waals surface area contributed by atoms with Crippen LogP contribution in [-0.4, -0.2) is 39.1 Å². The molecule has 0 aromatic carbocycles.